The Morgan fingerprint density at radius 3 is 2.62 bits per heavy atom. The number of hydrogen-bond donors (Lipinski definition) is 0. The van der Waals surface area contributed by atoms with Crippen LogP contribution >= 0.6 is 0 Å². The van der Waals surface area contributed by atoms with Gasteiger partial charge in [-0.05, 0) is 31.4 Å². The maximum absolute atomic E-state index is 12.4. The maximum Gasteiger partial charge on any atom is 0.406 e. The summed E-state index contributed by atoms with van der Waals surface area (Å²) in [5.74, 6) is -0.169. The van der Waals surface area contributed by atoms with Gasteiger partial charge in [0.25, 0.3) is 5.91 Å². The van der Waals surface area contributed by atoms with Crippen LogP contribution in [0.3, 0.4) is 0 Å². The van der Waals surface area contributed by atoms with E-state index in [4.69, 9.17) is 0 Å². The van der Waals surface area contributed by atoms with E-state index in [2.05, 4.69) is 4.98 Å². The van der Waals surface area contributed by atoms with Crippen LogP contribution in [-0.2, 0) is 0 Å². The lowest BCUT2D eigenvalue weighted by Crippen LogP contribution is -2.38. The van der Waals surface area contributed by atoms with Crippen LogP contribution in [0.1, 0.15) is 29.6 Å². The maximum atomic E-state index is 12.4. The van der Waals surface area contributed by atoms with Crippen LogP contribution in [-0.4, -0.2) is 48.6 Å². The molecule has 0 radical (unpaired) electrons. The molecule has 0 saturated carbocycles. The number of nitrogens with zero attached hydrogens (tertiary/aromatic N) is 3. The Balaban J connectivity index is 2.20. The fourth-order valence-electron chi connectivity index (χ4n) is 2.47. The number of alkyl halides is 3. The highest BCUT2D eigenvalue weighted by atomic mass is 19.4. The number of halogens is 3. The van der Waals surface area contributed by atoms with E-state index in [9.17, 15) is 18.0 Å². The van der Waals surface area contributed by atoms with Crippen LogP contribution in [0, 0.1) is 0 Å². The molecule has 1 aromatic rings. The van der Waals surface area contributed by atoms with E-state index in [1.165, 1.54) is 6.07 Å². The van der Waals surface area contributed by atoms with E-state index < -0.39 is 18.6 Å². The van der Waals surface area contributed by atoms with Gasteiger partial charge in [-0.2, -0.15) is 13.2 Å². The molecule has 0 aliphatic carbocycles. The minimum atomic E-state index is -4.40. The second-order valence-electron chi connectivity index (χ2n) is 5.20. The first-order valence-corrected chi connectivity index (χ1v) is 6.90. The average molecular weight is 301 g/mol. The van der Waals surface area contributed by atoms with Crippen LogP contribution in [0.25, 0.3) is 0 Å². The lowest BCUT2D eigenvalue weighted by atomic mass is 10.1. The Labute approximate surface area is 121 Å². The number of aromatic nitrogens is 1. The van der Waals surface area contributed by atoms with Gasteiger partial charge in [-0.25, -0.2) is 4.98 Å². The zero-order valence-electron chi connectivity index (χ0n) is 11.9. The van der Waals surface area contributed by atoms with E-state index in [0.29, 0.717) is 10.7 Å². The molecule has 1 fully saturated rings. The zero-order chi connectivity index (χ0) is 15.5. The van der Waals surface area contributed by atoms with Crippen LogP contribution in [0.4, 0.5) is 19.0 Å². The van der Waals surface area contributed by atoms with Gasteiger partial charge in [-0.1, -0.05) is 0 Å². The lowest BCUT2D eigenvalue weighted by Gasteiger charge is -2.30. The average Bonchev–Trinajstić information content (AvgIpc) is 2.45. The number of carbonyl (C=O) groups is 1. The fourth-order valence-corrected chi connectivity index (χ4v) is 2.47. The molecule has 0 aromatic carbocycles. The molecular formula is C14H18F3N3O. The Kier molecular flexibility index (Phi) is 4.69. The number of rotatable bonds is 3. The first-order chi connectivity index (χ1) is 9.88. The van der Waals surface area contributed by atoms with Gasteiger partial charge in [0, 0.05) is 26.3 Å². The number of hydrogen-bond acceptors (Lipinski definition) is 3. The van der Waals surface area contributed by atoms with E-state index in [1.807, 2.05) is 4.90 Å². The van der Waals surface area contributed by atoms with Crippen molar-refractivity contribution in [2.24, 2.45) is 0 Å². The number of anilines is 1. The molecule has 0 bridgehead atoms. The quantitative estimate of drug-likeness (QED) is 0.861. The first kappa shape index (κ1) is 15.6. The summed E-state index contributed by atoms with van der Waals surface area (Å²) >= 11 is 0. The molecule has 1 aliphatic heterocycles. The minimum Gasteiger partial charge on any atom is -0.356 e. The molecule has 116 valence electrons. The van der Waals surface area contributed by atoms with Crippen molar-refractivity contribution < 1.29 is 18.0 Å². The number of piperidine rings is 1. The summed E-state index contributed by atoms with van der Waals surface area (Å²) < 4.78 is 37.3. The van der Waals surface area contributed by atoms with Gasteiger partial charge in [0.2, 0.25) is 0 Å². The molecular weight excluding hydrogens is 283 g/mol. The number of amides is 1. The van der Waals surface area contributed by atoms with Crippen LogP contribution in [0.2, 0.25) is 0 Å². The van der Waals surface area contributed by atoms with E-state index in [1.54, 1.807) is 12.3 Å². The van der Waals surface area contributed by atoms with Gasteiger partial charge < -0.3 is 9.80 Å². The molecule has 1 aromatic heterocycles. The summed E-state index contributed by atoms with van der Waals surface area (Å²) in [7, 11) is 1.16. The Morgan fingerprint density at radius 2 is 2.00 bits per heavy atom. The van der Waals surface area contributed by atoms with Gasteiger partial charge in [-0.3, -0.25) is 4.79 Å². The molecule has 2 heterocycles. The third-order valence-electron chi connectivity index (χ3n) is 3.44. The zero-order valence-corrected chi connectivity index (χ0v) is 11.9. The van der Waals surface area contributed by atoms with E-state index in [0.717, 1.165) is 39.4 Å². The summed E-state index contributed by atoms with van der Waals surface area (Å²) in [5.41, 5.74) is 0.228. The highest BCUT2D eigenvalue weighted by Crippen LogP contribution is 2.24. The lowest BCUT2D eigenvalue weighted by molar-refractivity contribution is -0.138. The van der Waals surface area contributed by atoms with Gasteiger partial charge in [0.15, 0.2) is 0 Å². The summed E-state index contributed by atoms with van der Waals surface area (Å²) in [4.78, 5) is 19.1. The normalized spacial score (nSPS) is 15.9. The molecule has 1 saturated heterocycles. The molecule has 0 unspecified atom stereocenters. The third-order valence-corrected chi connectivity index (χ3v) is 3.44. The third kappa shape index (κ3) is 4.09. The molecule has 0 spiro atoms. The molecule has 1 aliphatic rings. The second kappa shape index (κ2) is 6.32. The molecule has 2 rings (SSSR count). The molecule has 7 heteroatoms. The van der Waals surface area contributed by atoms with Crippen molar-refractivity contribution in [2.75, 3.05) is 31.6 Å². The molecule has 0 atom stereocenters. The first-order valence-electron chi connectivity index (χ1n) is 6.90. The fraction of sp³-hybridized carbons (Fsp3) is 0.571. The van der Waals surface area contributed by atoms with Crippen molar-refractivity contribution in [3.05, 3.63) is 23.9 Å². The van der Waals surface area contributed by atoms with Gasteiger partial charge >= 0.3 is 6.18 Å². The molecule has 0 N–H and O–H groups in total. The van der Waals surface area contributed by atoms with Crippen LogP contribution in [0.5, 0.6) is 0 Å². The predicted molar refractivity (Wildman–Crippen MR) is 73.3 cm³/mol. The Morgan fingerprint density at radius 1 is 1.33 bits per heavy atom. The standard InChI is InChI=1S/C14H18F3N3O/c1-19(10-14(15,16)17)13(21)11-6-5-7-18-12(11)20-8-3-2-4-9-20/h5-7H,2-4,8-10H2,1H3. The topological polar surface area (TPSA) is 36.4 Å². The Bertz CT molecular complexity index is 498. The Hall–Kier alpha value is -1.79. The number of pyridine rings is 1. The van der Waals surface area contributed by atoms with Gasteiger partial charge in [-0.15, -0.1) is 0 Å². The number of carbonyl (C=O) groups excluding carboxylic acids is 1. The van der Waals surface area contributed by atoms with E-state index in [-0.39, 0.29) is 5.56 Å². The summed E-state index contributed by atoms with van der Waals surface area (Å²) in [6.45, 7) is 0.292. The summed E-state index contributed by atoms with van der Waals surface area (Å²) in [6, 6.07) is 3.11. The molecule has 4 nitrogen and oxygen atoms in total. The highest BCUT2D eigenvalue weighted by Gasteiger charge is 2.32. The highest BCUT2D eigenvalue weighted by molar-refractivity contribution is 5.98. The predicted octanol–water partition coefficient (Wildman–Crippen LogP) is 2.71. The van der Waals surface area contributed by atoms with Gasteiger partial charge in [0.1, 0.15) is 12.4 Å². The largest absolute Gasteiger partial charge is 0.406 e. The summed E-state index contributed by atoms with van der Waals surface area (Å²) in [5, 5.41) is 0. The van der Waals surface area contributed by atoms with Crippen molar-refractivity contribution in [1.29, 1.82) is 0 Å². The monoisotopic (exact) mass is 301 g/mol. The van der Waals surface area contributed by atoms with Crippen LogP contribution < -0.4 is 4.90 Å². The van der Waals surface area contributed by atoms with Gasteiger partial charge in [0.05, 0.1) is 5.56 Å². The van der Waals surface area contributed by atoms with Crippen molar-refractivity contribution in [1.82, 2.24) is 9.88 Å². The van der Waals surface area contributed by atoms with Crippen molar-refractivity contribution in [3.8, 4) is 0 Å². The van der Waals surface area contributed by atoms with Crippen molar-refractivity contribution in [3.63, 3.8) is 0 Å². The second-order valence-corrected chi connectivity index (χ2v) is 5.20. The molecule has 21 heavy (non-hydrogen) atoms. The van der Waals surface area contributed by atoms with Crippen molar-refractivity contribution >= 4 is 11.7 Å². The van der Waals surface area contributed by atoms with Crippen LogP contribution in [0.15, 0.2) is 18.3 Å². The SMILES string of the molecule is CN(CC(F)(F)F)C(=O)c1cccnc1N1CCCCC1. The summed E-state index contributed by atoms with van der Waals surface area (Å²) in [6.07, 6.45) is 0.286. The van der Waals surface area contributed by atoms with Crippen molar-refractivity contribution in [2.45, 2.75) is 25.4 Å². The molecule has 1 amide bonds. The van der Waals surface area contributed by atoms with E-state index >= 15 is 0 Å². The smallest absolute Gasteiger partial charge is 0.356 e. The minimum absolute atomic E-state index is 0.228.